The first-order valence-corrected chi connectivity index (χ1v) is 8.54. The number of unbranched alkanes of at least 4 members (excludes halogenated alkanes) is 1. The molecule has 0 saturated carbocycles. The number of benzene rings is 2. The van der Waals surface area contributed by atoms with Crippen LogP contribution in [0.4, 0.5) is 0 Å². The molecule has 0 unspecified atom stereocenters. The number of ketones is 1. The van der Waals surface area contributed by atoms with Gasteiger partial charge in [0.25, 0.3) is 0 Å². The van der Waals surface area contributed by atoms with E-state index in [0.29, 0.717) is 11.1 Å². The molecule has 1 heterocycles. The fourth-order valence-electron chi connectivity index (χ4n) is 2.77. The summed E-state index contributed by atoms with van der Waals surface area (Å²) in [5.74, 6) is -0.694. The minimum atomic E-state index is -0.495. The van der Waals surface area contributed by atoms with Crippen LogP contribution in [-0.4, -0.2) is 23.3 Å². The number of aryl methyl sites for hydroxylation is 1. The van der Waals surface area contributed by atoms with E-state index >= 15 is 0 Å². The number of carbonyl (C=O) groups excluding carboxylic acids is 2. The minimum absolute atomic E-state index is 0.199. The van der Waals surface area contributed by atoms with Crippen molar-refractivity contribution in [2.45, 2.75) is 26.2 Å². The third-order valence-electron chi connectivity index (χ3n) is 4.24. The van der Waals surface area contributed by atoms with Gasteiger partial charge in [-0.1, -0.05) is 55.8 Å². The Morgan fingerprint density at radius 3 is 2.56 bits per heavy atom. The molecule has 3 aromatic rings. The second-order valence-corrected chi connectivity index (χ2v) is 6.05. The average Bonchev–Trinajstić information content (AvgIpc) is 3.09. The average molecular weight is 335 g/mol. The zero-order valence-electron chi connectivity index (χ0n) is 14.2. The van der Waals surface area contributed by atoms with Crippen molar-refractivity contribution in [1.29, 1.82) is 0 Å². The molecule has 2 aromatic carbocycles. The van der Waals surface area contributed by atoms with Gasteiger partial charge in [-0.05, 0) is 24.5 Å². The lowest BCUT2D eigenvalue weighted by molar-refractivity contribution is 0.0477. The number of H-pyrrole nitrogens is 1. The maximum absolute atomic E-state index is 12.2. The number of aromatic nitrogens is 1. The minimum Gasteiger partial charge on any atom is -0.454 e. The van der Waals surface area contributed by atoms with Gasteiger partial charge in [-0.3, -0.25) is 4.79 Å². The molecule has 4 heteroatoms. The molecule has 0 amide bonds. The SMILES string of the molecule is CCCCc1ccc(C(=O)COC(=O)c2c[nH]c3ccccc23)cc1. The number of nitrogens with one attached hydrogen (secondary N) is 1. The zero-order valence-corrected chi connectivity index (χ0v) is 14.2. The van der Waals surface area contributed by atoms with Gasteiger partial charge >= 0.3 is 5.97 Å². The highest BCUT2D eigenvalue weighted by Crippen LogP contribution is 2.18. The van der Waals surface area contributed by atoms with Crippen LogP contribution in [0.3, 0.4) is 0 Å². The highest BCUT2D eigenvalue weighted by Gasteiger charge is 2.15. The van der Waals surface area contributed by atoms with Crippen molar-refractivity contribution in [2.75, 3.05) is 6.61 Å². The molecule has 0 bridgehead atoms. The molecule has 0 aliphatic carbocycles. The summed E-state index contributed by atoms with van der Waals surface area (Å²) in [7, 11) is 0. The normalized spacial score (nSPS) is 10.8. The molecule has 3 rings (SSSR count). The van der Waals surface area contributed by atoms with Crippen LogP contribution in [0.15, 0.2) is 54.7 Å². The number of hydrogen-bond donors (Lipinski definition) is 1. The van der Waals surface area contributed by atoms with Crippen LogP contribution < -0.4 is 0 Å². The Morgan fingerprint density at radius 1 is 1.04 bits per heavy atom. The fourth-order valence-corrected chi connectivity index (χ4v) is 2.77. The van der Waals surface area contributed by atoms with E-state index in [1.54, 1.807) is 18.3 Å². The summed E-state index contributed by atoms with van der Waals surface area (Å²) in [6, 6.07) is 15.0. The van der Waals surface area contributed by atoms with E-state index in [9.17, 15) is 9.59 Å². The summed E-state index contributed by atoms with van der Waals surface area (Å²) in [4.78, 5) is 27.5. The number of ether oxygens (including phenoxy) is 1. The predicted octanol–water partition coefficient (Wildman–Crippen LogP) is 4.55. The van der Waals surface area contributed by atoms with Gasteiger partial charge < -0.3 is 9.72 Å². The Kier molecular flexibility index (Phi) is 5.29. The van der Waals surface area contributed by atoms with Crippen molar-refractivity contribution in [2.24, 2.45) is 0 Å². The number of carbonyl (C=O) groups is 2. The summed E-state index contributed by atoms with van der Waals surface area (Å²) in [6.45, 7) is 1.90. The Hall–Kier alpha value is -2.88. The summed E-state index contributed by atoms with van der Waals surface area (Å²) >= 11 is 0. The highest BCUT2D eigenvalue weighted by atomic mass is 16.5. The maximum atomic E-state index is 12.2. The van der Waals surface area contributed by atoms with E-state index in [0.717, 1.165) is 30.2 Å². The smallest absolute Gasteiger partial charge is 0.340 e. The van der Waals surface area contributed by atoms with E-state index in [1.807, 2.05) is 36.4 Å². The van der Waals surface area contributed by atoms with Crippen LogP contribution in [0, 0.1) is 0 Å². The summed E-state index contributed by atoms with van der Waals surface area (Å²) in [5.41, 5.74) is 3.09. The number of fused-ring (bicyclic) bond motifs is 1. The van der Waals surface area contributed by atoms with Crippen molar-refractivity contribution >= 4 is 22.7 Å². The Bertz CT molecular complexity index is 878. The van der Waals surface area contributed by atoms with Gasteiger partial charge in [-0.2, -0.15) is 0 Å². The van der Waals surface area contributed by atoms with Crippen LogP contribution >= 0.6 is 0 Å². The van der Waals surface area contributed by atoms with E-state index in [1.165, 1.54) is 5.56 Å². The van der Waals surface area contributed by atoms with E-state index < -0.39 is 5.97 Å². The van der Waals surface area contributed by atoms with Crippen molar-refractivity contribution < 1.29 is 14.3 Å². The van der Waals surface area contributed by atoms with Gasteiger partial charge in [-0.25, -0.2) is 4.79 Å². The molecule has 0 aliphatic rings. The number of esters is 1. The molecule has 0 fully saturated rings. The molecule has 1 aromatic heterocycles. The highest BCUT2D eigenvalue weighted by molar-refractivity contribution is 6.05. The lowest BCUT2D eigenvalue weighted by Gasteiger charge is -2.05. The third kappa shape index (κ3) is 3.97. The van der Waals surface area contributed by atoms with E-state index in [4.69, 9.17) is 4.74 Å². The first-order chi connectivity index (χ1) is 12.2. The van der Waals surface area contributed by atoms with Gasteiger partial charge in [0.15, 0.2) is 12.4 Å². The van der Waals surface area contributed by atoms with Gasteiger partial charge in [0.2, 0.25) is 0 Å². The van der Waals surface area contributed by atoms with Gasteiger partial charge in [0, 0.05) is 22.7 Å². The Balaban J connectivity index is 1.61. The summed E-state index contributed by atoms with van der Waals surface area (Å²) in [5, 5.41) is 0.792. The molecule has 0 atom stereocenters. The van der Waals surface area contributed by atoms with Crippen LogP contribution in [0.5, 0.6) is 0 Å². The topological polar surface area (TPSA) is 59.2 Å². The van der Waals surface area contributed by atoms with E-state index in [2.05, 4.69) is 11.9 Å². The molecule has 0 radical (unpaired) electrons. The van der Waals surface area contributed by atoms with E-state index in [-0.39, 0.29) is 12.4 Å². The molecular weight excluding hydrogens is 314 g/mol. The van der Waals surface area contributed by atoms with Crippen molar-refractivity contribution in [3.63, 3.8) is 0 Å². The molecule has 128 valence electrons. The fraction of sp³-hybridized carbons (Fsp3) is 0.238. The van der Waals surface area contributed by atoms with Crippen LogP contribution in [0.2, 0.25) is 0 Å². The molecule has 0 spiro atoms. The number of para-hydroxylation sites is 1. The number of hydrogen-bond acceptors (Lipinski definition) is 3. The molecule has 4 nitrogen and oxygen atoms in total. The van der Waals surface area contributed by atoms with Gasteiger partial charge in [0.05, 0.1) is 5.56 Å². The lowest BCUT2D eigenvalue weighted by Crippen LogP contribution is -2.14. The third-order valence-corrected chi connectivity index (χ3v) is 4.24. The first kappa shape index (κ1) is 17.0. The van der Waals surface area contributed by atoms with Crippen LogP contribution in [0.1, 0.15) is 46.0 Å². The molecule has 25 heavy (non-hydrogen) atoms. The van der Waals surface area contributed by atoms with Gasteiger partial charge in [-0.15, -0.1) is 0 Å². The Morgan fingerprint density at radius 2 is 1.80 bits per heavy atom. The summed E-state index contributed by atoms with van der Waals surface area (Å²) < 4.78 is 5.20. The number of Topliss-reactive ketones (excluding diaryl/α,β-unsaturated/α-hetero) is 1. The van der Waals surface area contributed by atoms with Gasteiger partial charge in [0.1, 0.15) is 0 Å². The van der Waals surface area contributed by atoms with Crippen molar-refractivity contribution in [3.8, 4) is 0 Å². The second-order valence-electron chi connectivity index (χ2n) is 6.05. The number of rotatable bonds is 7. The van der Waals surface area contributed by atoms with Crippen molar-refractivity contribution in [1.82, 2.24) is 4.98 Å². The van der Waals surface area contributed by atoms with Crippen molar-refractivity contribution in [3.05, 3.63) is 71.4 Å². The molecular formula is C21H21NO3. The lowest BCUT2D eigenvalue weighted by atomic mass is 10.0. The standard InChI is InChI=1S/C21H21NO3/c1-2-3-6-15-9-11-16(12-10-15)20(23)14-25-21(24)18-13-22-19-8-5-4-7-17(18)19/h4-5,7-13,22H,2-3,6,14H2,1H3. The maximum Gasteiger partial charge on any atom is 0.340 e. The quantitative estimate of drug-likeness (QED) is 0.509. The monoisotopic (exact) mass is 335 g/mol. The molecule has 0 aliphatic heterocycles. The first-order valence-electron chi connectivity index (χ1n) is 8.54. The number of aromatic amines is 1. The summed E-state index contributed by atoms with van der Waals surface area (Å²) in [6.07, 6.45) is 4.90. The Labute approximate surface area is 146 Å². The van der Waals surface area contributed by atoms with Crippen LogP contribution in [0.25, 0.3) is 10.9 Å². The largest absolute Gasteiger partial charge is 0.454 e. The molecule has 0 saturated heterocycles. The zero-order chi connectivity index (χ0) is 17.6. The van der Waals surface area contributed by atoms with Crippen LogP contribution in [-0.2, 0) is 11.2 Å². The molecule has 1 N–H and O–H groups in total. The second kappa shape index (κ2) is 7.79. The predicted molar refractivity (Wildman–Crippen MR) is 98.0 cm³/mol.